The molecule has 0 aliphatic rings. The Labute approximate surface area is 147 Å². The molecule has 0 radical (unpaired) electrons. The molecule has 5 nitrogen and oxygen atoms in total. The van der Waals surface area contributed by atoms with Crippen LogP contribution < -0.4 is 0 Å². The lowest BCUT2D eigenvalue weighted by Crippen LogP contribution is -2.34. The van der Waals surface area contributed by atoms with E-state index in [1.54, 1.807) is 24.5 Å². The summed E-state index contributed by atoms with van der Waals surface area (Å²) in [4.78, 5) is 19.1. The van der Waals surface area contributed by atoms with Gasteiger partial charge in [-0.2, -0.15) is 0 Å². The lowest BCUT2D eigenvalue weighted by molar-refractivity contribution is 0.0672. The van der Waals surface area contributed by atoms with E-state index in [-0.39, 0.29) is 5.91 Å². The quantitative estimate of drug-likeness (QED) is 0.666. The number of hydrogen-bond acceptors (Lipinski definition) is 3. The molecule has 0 spiro atoms. The van der Waals surface area contributed by atoms with Gasteiger partial charge >= 0.3 is 0 Å². The lowest BCUT2D eigenvalue weighted by atomic mass is 10.2. The largest absolute Gasteiger partial charge is 0.383 e. The molecule has 0 unspecified atom stereocenters. The summed E-state index contributed by atoms with van der Waals surface area (Å²) in [6.07, 6.45) is 3.28. The van der Waals surface area contributed by atoms with Gasteiger partial charge < -0.3 is 9.64 Å². The number of hydrogen-bond donors (Lipinski definition) is 0. The number of methoxy groups -OCH3 is 1. The molecule has 25 heavy (non-hydrogen) atoms. The first-order chi connectivity index (χ1) is 12.3. The number of carbonyl (C=O) groups excluding carboxylic acids is 1. The summed E-state index contributed by atoms with van der Waals surface area (Å²) >= 11 is 0. The molecule has 0 bridgehead atoms. The monoisotopic (exact) mass is 335 g/mol. The Kier molecular flexibility index (Phi) is 5.59. The number of ether oxygens (including phenoxy) is 1. The Morgan fingerprint density at radius 1 is 1.08 bits per heavy atom. The number of carbonyl (C=O) groups is 1. The van der Waals surface area contributed by atoms with E-state index in [0.717, 1.165) is 11.3 Å². The van der Waals surface area contributed by atoms with Gasteiger partial charge in [0.05, 0.1) is 19.1 Å². The summed E-state index contributed by atoms with van der Waals surface area (Å²) < 4.78 is 6.99. The van der Waals surface area contributed by atoms with Gasteiger partial charge in [-0.1, -0.05) is 48.5 Å². The molecule has 1 amide bonds. The normalized spacial score (nSPS) is 10.6. The predicted molar refractivity (Wildman–Crippen MR) is 96.6 cm³/mol. The van der Waals surface area contributed by atoms with Crippen LogP contribution in [0.5, 0.6) is 0 Å². The maximum Gasteiger partial charge on any atom is 0.272 e. The molecule has 2 aromatic carbocycles. The second-order valence-electron chi connectivity index (χ2n) is 5.69. The zero-order valence-electron chi connectivity index (χ0n) is 14.2. The molecule has 1 heterocycles. The number of para-hydroxylation sites is 1. The Bertz CT molecular complexity index is 800. The Balaban J connectivity index is 1.86. The van der Waals surface area contributed by atoms with Crippen LogP contribution in [0.15, 0.2) is 73.2 Å². The molecule has 0 aliphatic carbocycles. The first kappa shape index (κ1) is 16.9. The molecule has 3 aromatic rings. The number of rotatable bonds is 7. The molecular weight excluding hydrogens is 314 g/mol. The first-order valence-electron chi connectivity index (χ1n) is 8.19. The third kappa shape index (κ3) is 4.14. The fourth-order valence-electron chi connectivity index (χ4n) is 2.67. The molecule has 0 N–H and O–H groups in total. The summed E-state index contributed by atoms with van der Waals surface area (Å²) in [5.74, 6) is -0.0674. The minimum Gasteiger partial charge on any atom is -0.383 e. The van der Waals surface area contributed by atoms with E-state index in [1.165, 1.54) is 0 Å². The summed E-state index contributed by atoms with van der Waals surface area (Å²) in [5.41, 5.74) is 2.53. The van der Waals surface area contributed by atoms with Crippen molar-refractivity contribution in [1.82, 2.24) is 14.5 Å². The summed E-state index contributed by atoms with van der Waals surface area (Å²) in [7, 11) is 1.64. The molecule has 0 fully saturated rings. The lowest BCUT2D eigenvalue weighted by Gasteiger charge is -2.23. The van der Waals surface area contributed by atoms with E-state index in [0.29, 0.717) is 25.4 Å². The van der Waals surface area contributed by atoms with E-state index in [2.05, 4.69) is 4.98 Å². The van der Waals surface area contributed by atoms with Gasteiger partial charge in [-0.15, -0.1) is 0 Å². The average molecular weight is 335 g/mol. The van der Waals surface area contributed by atoms with E-state index >= 15 is 0 Å². The molecule has 128 valence electrons. The SMILES string of the molecule is COCCN(Cc1ccccc1)C(=O)c1cncn1-c1ccccc1. The van der Waals surface area contributed by atoms with Gasteiger partial charge in [-0.25, -0.2) is 4.98 Å². The Morgan fingerprint density at radius 2 is 1.76 bits per heavy atom. The molecule has 0 saturated carbocycles. The average Bonchev–Trinajstić information content (AvgIpc) is 3.16. The third-order valence-corrected chi connectivity index (χ3v) is 3.96. The van der Waals surface area contributed by atoms with Crippen LogP contribution >= 0.6 is 0 Å². The maximum atomic E-state index is 13.1. The smallest absolute Gasteiger partial charge is 0.272 e. The third-order valence-electron chi connectivity index (χ3n) is 3.96. The second-order valence-corrected chi connectivity index (χ2v) is 5.69. The van der Waals surface area contributed by atoms with Crippen molar-refractivity contribution < 1.29 is 9.53 Å². The minimum atomic E-state index is -0.0674. The van der Waals surface area contributed by atoms with Crippen molar-refractivity contribution in [3.63, 3.8) is 0 Å². The molecule has 0 saturated heterocycles. The van der Waals surface area contributed by atoms with Crippen molar-refractivity contribution in [1.29, 1.82) is 0 Å². The van der Waals surface area contributed by atoms with Gasteiger partial charge in [0.15, 0.2) is 0 Å². The number of amides is 1. The molecule has 3 rings (SSSR count). The van der Waals surface area contributed by atoms with Crippen molar-refractivity contribution in [2.24, 2.45) is 0 Å². The molecule has 1 aromatic heterocycles. The van der Waals surface area contributed by atoms with Crippen LogP contribution in [0.25, 0.3) is 5.69 Å². The zero-order chi connectivity index (χ0) is 17.5. The van der Waals surface area contributed by atoms with Crippen LogP contribution in [0, 0.1) is 0 Å². The highest BCUT2D eigenvalue weighted by Crippen LogP contribution is 2.15. The van der Waals surface area contributed by atoms with Gasteiger partial charge in [-0.05, 0) is 17.7 Å². The van der Waals surface area contributed by atoms with Crippen LogP contribution in [0.2, 0.25) is 0 Å². The Morgan fingerprint density at radius 3 is 2.44 bits per heavy atom. The number of imidazole rings is 1. The van der Waals surface area contributed by atoms with Crippen LogP contribution in [0.4, 0.5) is 0 Å². The summed E-state index contributed by atoms with van der Waals surface area (Å²) in [5, 5.41) is 0. The highest BCUT2D eigenvalue weighted by molar-refractivity contribution is 5.93. The Hall–Kier alpha value is -2.92. The van der Waals surface area contributed by atoms with Crippen molar-refractivity contribution in [2.75, 3.05) is 20.3 Å². The van der Waals surface area contributed by atoms with Crippen LogP contribution in [-0.4, -0.2) is 40.6 Å². The van der Waals surface area contributed by atoms with Gasteiger partial charge in [-0.3, -0.25) is 9.36 Å². The summed E-state index contributed by atoms with van der Waals surface area (Å²) in [6.45, 7) is 1.53. The van der Waals surface area contributed by atoms with Crippen LogP contribution in [-0.2, 0) is 11.3 Å². The van der Waals surface area contributed by atoms with Gasteiger partial charge in [0.1, 0.15) is 5.69 Å². The number of benzene rings is 2. The fraction of sp³-hybridized carbons (Fsp3) is 0.200. The highest BCUT2D eigenvalue weighted by atomic mass is 16.5. The van der Waals surface area contributed by atoms with Crippen molar-refractivity contribution in [2.45, 2.75) is 6.54 Å². The van der Waals surface area contributed by atoms with E-state index in [1.807, 2.05) is 65.2 Å². The van der Waals surface area contributed by atoms with Crippen LogP contribution in [0.1, 0.15) is 16.1 Å². The first-order valence-corrected chi connectivity index (χ1v) is 8.19. The van der Waals surface area contributed by atoms with Gasteiger partial charge in [0.25, 0.3) is 5.91 Å². The number of nitrogens with zero attached hydrogens (tertiary/aromatic N) is 3. The zero-order valence-corrected chi connectivity index (χ0v) is 14.2. The highest BCUT2D eigenvalue weighted by Gasteiger charge is 2.20. The minimum absolute atomic E-state index is 0.0674. The maximum absolute atomic E-state index is 13.1. The van der Waals surface area contributed by atoms with Gasteiger partial charge in [0, 0.05) is 25.9 Å². The van der Waals surface area contributed by atoms with E-state index in [9.17, 15) is 4.79 Å². The van der Waals surface area contributed by atoms with E-state index < -0.39 is 0 Å². The van der Waals surface area contributed by atoms with Crippen molar-refractivity contribution in [3.8, 4) is 5.69 Å². The predicted octanol–water partition coefficient (Wildman–Crippen LogP) is 3.16. The van der Waals surface area contributed by atoms with E-state index in [4.69, 9.17) is 4.74 Å². The molecular formula is C20H21N3O2. The standard InChI is InChI=1S/C20H21N3O2/c1-25-13-12-22(15-17-8-4-2-5-9-17)20(24)19-14-21-16-23(19)18-10-6-3-7-11-18/h2-11,14,16H,12-13,15H2,1H3. The van der Waals surface area contributed by atoms with Crippen molar-refractivity contribution >= 4 is 5.91 Å². The second kappa shape index (κ2) is 8.26. The topological polar surface area (TPSA) is 47.4 Å². The fourth-order valence-corrected chi connectivity index (χ4v) is 2.67. The molecule has 0 aliphatic heterocycles. The van der Waals surface area contributed by atoms with Gasteiger partial charge in [0.2, 0.25) is 0 Å². The molecule has 0 atom stereocenters. The molecule has 5 heteroatoms. The number of aromatic nitrogens is 2. The summed E-state index contributed by atoms with van der Waals surface area (Å²) in [6, 6.07) is 19.7. The van der Waals surface area contributed by atoms with Crippen molar-refractivity contribution in [3.05, 3.63) is 84.4 Å². The van der Waals surface area contributed by atoms with Crippen LogP contribution in [0.3, 0.4) is 0 Å².